The molecule has 2 saturated carbocycles. The van der Waals surface area contributed by atoms with Gasteiger partial charge in [-0.2, -0.15) is 0 Å². The fourth-order valence-electron chi connectivity index (χ4n) is 2.51. The lowest BCUT2D eigenvalue weighted by Crippen LogP contribution is -2.46. The number of carboxylic acid groups (broad SMARTS) is 1. The van der Waals surface area contributed by atoms with Crippen LogP contribution >= 0.6 is 0 Å². The molecule has 1 atom stereocenters. The maximum Gasteiger partial charge on any atom is 0.316 e. The maximum absolute atomic E-state index is 12.6. The number of rotatable bonds is 6. The minimum Gasteiger partial charge on any atom is -0.481 e. The van der Waals surface area contributed by atoms with E-state index in [0.29, 0.717) is 11.8 Å². The van der Waals surface area contributed by atoms with Crippen molar-refractivity contribution in [3.8, 4) is 0 Å². The van der Waals surface area contributed by atoms with Crippen molar-refractivity contribution in [2.24, 2.45) is 23.2 Å². The molecular formula is C15H25NO3. The zero-order valence-electron chi connectivity index (χ0n) is 12.2. The molecule has 0 aromatic heterocycles. The first kappa shape index (κ1) is 14.4. The van der Waals surface area contributed by atoms with Crippen LogP contribution < -0.4 is 0 Å². The van der Waals surface area contributed by atoms with Crippen LogP contribution in [0.1, 0.15) is 46.5 Å². The first-order chi connectivity index (χ1) is 8.79. The van der Waals surface area contributed by atoms with E-state index < -0.39 is 17.3 Å². The number of aliphatic carboxylic acids is 1. The van der Waals surface area contributed by atoms with Gasteiger partial charge in [0.15, 0.2) is 0 Å². The highest BCUT2D eigenvalue weighted by Gasteiger charge is 2.42. The molecular weight excluding hydrogens is 242 g/mol. The Bertz CT molecular complexity index is 350. The Kier molecular flexibility index (Phi) is 3.88. The highest BCUT2D eigenvalue weighted by molar-refractivity contribution is 5.97. The number of hydrogen-bond acceptors (Lipinski definition) is 2. The molecule has 108 valence electrons. The van der Waals surface area contributed by atoms with E-state index in [4.69, 9.17) is 0 Å². The predicted octanol–water partition coefficient (Wildman–Crippen LogP) is 2.38. The van der Waals surface area contributed by atoms with Crippen LogP contribution in [0, 0.1) is 23.2 Å². The van der Waals surface area contributed by atoms with E-state index in [1.54, 1.807) is 0 Å². The molecule has 19 heavy (non-hydrogen) atoms. The molecule has 0 aromatic carbocycles. The molecule has 4 heteroatoms. The minimum absolute atomic E-state index is 0.182. The predicted molar refractivity (Wildman–Crippen MR) is 72.6 cm³/mol. The van der Waals surface area contributed by atoms with Crippen molar-refractivity contribution in [1.82, 2.24) is 4.90 Å². The number of carboxylic acids is 1. The zero-order chi connectivity index (χ0) is 14.2. The molecule has 0 heterocycles. The summed E-state index contributed by atoms with van der Waals surface area (Å²) in [6.45, 7) is 7.01. The first-order valence-electron chi connectivity index (χ1n) is 7.30. The van der Waals surface area contributed by atoms with Crippen LogP contribution in [0.15, 0.2) is 0 Å². The van der Waals surface area contributed by atoms with E-state index >= 15 is 0 Å². The van der Waals surface area contributed by atoms with E-state index in [2.05, 4.69) is 0 Å². The molecule has 1 amide bonds. The van der Waals surface area contributed by atoms with Crippen LogP contribution in [0.5, 0.6) is 0 Å². The number of amides is 1. The molecule has 2 fully saturated rings. The van der Waals surface area contributed by atoms with Crippen molar-refractivity contribution >= 4 is 11.9 Å². The van der Waals surface area contributed by atoms with Gasteiger partial charge in [-0.15, -0.1) is 0 Å². The molecule has 0 saturated heterocycles. The fourth-order valence-corrected chi connectivity index (χ4v) is 2.51. The second kappa shape index (κ2) is 5.14. The molecule has 1 N–H and O–H groups in total. The number of carbonyl (C=O) groups excluding carboxylic acids is 1. The number of hydrogen-bond donors (Lipinski definition) is 1. The van der Waals surface area contributed by atoms with Crippen LogP contribution in [-0.2, 0) is 9.59 Å². The third-order valence-electron chi connectivity index (χ3n) is 4.02. The lowest BCUT2D eigenvalue weighted by atomic mass is 9.79. The van der Waals surface area contributed by atoms with Crippen LogP contribution in [-0.4, -0.2) is 35.0 Å². The Morgan fingerprint density at radius 2 is 1.53 bits per heavy atom. The molecule has 0 bridgehead atoms. The molecule has 2 aliphatic carbocycles. The Morgan fingerprint density at radius 1 is 1.11 bits per heavy atom. The molecule has 0 aromatic rings. The summed E-state index contributed by atoms with van der Waals surface area (Å²) >= 11 is 0. The summed E-state index contributed by atoms with van der Waals surface area (Å²) < 4.78 is 0. The maximum atomic E-state index is 12.6. The van der Waals surface area contributed by atoms with Crippen LogP contribution in [0.2, 0.25) is 0 Å². The Labute approximate surface area is 115 Å². The van der Waals surface area contributed by atoms with Crippen molar-refractivity contribution in [3.63, 3.8) is 0 Å². The minimum atomic E-state index is -0.992. The number of nitrogens with zero attached hydrogens (tertiary/aromatic N) is 1. The fraction of sp³-hybridized carbons (Fsp3) is 0.867. The van der Waals surface area contributed by atoms with Gasteiger partial charge in [-0.3, -0.25) is 9.59 Å². The van der Waals surface area contributed by atoms with Crippen LogP contribution in [0.25, 0.3) is 0 Å². The van der Waals surface area contributed by atoms with Gasteiger partial charge in [0, 0.05) is 13.1 Å². The van der Waals surface area contributed by atoms with Crippen molar-refractivity contribution in [3.05, 3.63) is 0 Å². The molecule has 2 rings (SSSR count). The van der Waals surface area contributed by atoms with Crippen LogP contribution in [0.4, 0.5) is 0 Å². The lowest BCUT2D eigenvalue weighted by molar-refractivity contribution is -0.156. The highest BCUT2D eigenvalue weighted by Crippen LogP contribution is 2.36. The van der Waals surface area contributed by atoms with Crippen molar-refractivity contribution < 1.29 is 14.7 Å². The summed E-state index contributed by atoms with van der Waals surface area (Å²) in [6, 6.07) is 0. The smallest absolute Gasteiger partial charge is 0.316 e. The van der Waals surface area contributed by atoms with Gasteiger partial charge in [0.25, 0.3) is 0 Å². The summed E-state index contributed by atoms with van der Waals surface area (Å²) in [5.74, 6) is -0.882. The third kappa shape index (κ3) is 3.95. The van der Waals surface area contributed by atoms with Gasteiger partial charge in [-0.05, 0) is 42.9 Å². The van der Waals surface area contributed by atoms with Gasteiger partial charge >= 0.3 is 5.97 Å². The van der Waals surface area contributed by atoms with E-state index in [-0.39, 0.29) is 5.91 Å². The molecule has 2 aliphatic rings. The average Bonchev–Trinajstić information content (AvgIpc) is 3.07. The topological polar surface area (TPSA) is 57.6 Å². The SMILES string of the molecule is CC(C)(C)C(C(=O)O)C(=O)N(CC1CC1)CC1CC1. The van der Waals surface area contributed by atoms with Gasteiger partial charge in [0.2, 0.25) is 5.91 Å². The van der Waals surface area contributed by atoms with E-state index in [1.807, 2.05) is 25.7 Å². The van der Waals surface area contributed by atoms with E-state index in [1.165, 1.54) is 25.7 Å². The summed E-state index contributed by atoms with van der Waals surface area (Å²) in [4.78, 5) is 25.9. The van der Waals surface area contributed by atoms with Crippen molar-refractivity contribution in [2.45, 2.75) is 46.5 Å². The normalized spacial score (nSPS) is 21.0. The van der Waals surface area contributed by atoms with Crippen LogP contribution in [0.3, 0.4) is 0 Å². The van der Waals surface area contributed by atoms with Gasteiger partial charge in [0.05, 0.1) is 0 Å². The molecule has 0 spiro atoms. The van der Waals surface area contributed by atoms with Gasteiger partial charge in [-0.1, -0.05) is 20.8 Å². The third-order valence-corrected chi connectivity index (χ3v) is 4.02. The van der Waals surface area contributed by atoms with E-state index in [0.717, 1.165) is 13.1 Å². The summed E-state index contributed by atoms with van der Waals surface area (Å²) in [6.07, 6.45) is 4.73. The highest BCUT2D eigenvalue weighted by atomic mass is 16.4. The molecule has 1 unspecified atom stereocenters. The van der Waals surface area contributed by atoms with E-state index in [9.17, 15) is 14.7 Å². The molecule has 0 radical (unpaired) electrons. The second-order valence-electron chi connectivity index (χ2n) is 7.27. The Hall–Kier alpha value is -1.06. The zero-order valence-corrected chi connectivity index (χ0v) is 12.2. The Morgan fingerprint density at radius 3 is 1.79 bits per heavy atom. The lowest BCUT2D eigenvalue weighted by Gasteiger charge is -2.32. The van der Waals surface area contributed by atoms with Crippen molar-refractivity contribution in [1.29, 1.82) is 0 Å². The number of carbonyl (C=O) groups is 2. The Balaban J connectivity index is 2.07. The van der Waals surface area contributed by atoms with Gasteiger partial charge < -0.3 is 10.0 Å². The summed E-state index contributed by atoms with van der Waals surface area (Å²) in [5.41, 5.74) is -0.533. The standard InChI is InChI=1S/C15H25NO3/c1-15(2,3)12(14(18)19)13(17)16(8-10-4-5-10)9-11-6-7-11/h10-12H,4-9H2,1-3H3,(H,18,19). The average molecular weight is 267 g/mol. The summed E-state index contributed by atoms with van der Waals surface area (Å²) in [5, 5.41) is 9.38. The quantitative estimate of drug-likeness (QED) is 0.752. The largest absolute Gasteiger partial charge is 0.481 e. The van der Waals surface area contributed by atoms with Crippen molar-refractivity contribution in [2.75, 3.05) is 13.1 Å². The van der Waals surface area contributed by atoms with Gasteiger partial charge in [0.1, 0.15) is 5.92 Å². The summed E-state index contributed by atoms with van der Waals surface area (Å²) in [7, 11) is 0. The molecule has 0 aliphatic heterocycles. The molecule has 4 nitrogen and oxygen atoms in total. The van der Waals surface area contributed by atoms with Gasteiger partial charge in [-0.25, -0.2) is 0 Å². The monoisotopic (exact) mass is 267 g/mol. The second-order valence-corrected chi connectivity index (χ2v) is 7.27. The first-order valence-corrected chi connectivity index (χ1v) is 7.30.